The van der Waals surface area contributed by atoms with E-state index < -0.39 is 12.1 Å². The van der Waals surface area contributed by atoms with E-state index >= 15 is 0 Å². The summed E-state index contributed by atoms with van der Waals surface area (Å²) in [5.41, 5.74) is 9.24. The van der Waals surface area contributed by atoms with Crippen LogP contribution >= 0.6 is 0 Å². The summed E-state index contributed by atoms with van der Waals surface area (Å²) in [6.45, 7) is 8.68. The van der Waals surface area contributed by atoms with E-state index in [1.54, 1.807) is 16.0 Å². The lowest BCUT2D eigenvalue weighted by molar-refractivity contribution is -0.135. The fourth-order valence-corrected chi connectivity index (χ4v) is 7.34. The van der Waals surface area contributed by atoms with Gasteiger partial charge in [0.25, 0.3) is 0 Å². The number of hydrogen-bond donors (Lipinski definition) is 3. The maximum Gasteiger partial charge on any atom is 0.405 e. The number of fused-ring (bicyclic) bond motifs is 5. The van der Waals surface area contributed by atoms with Gasteiger partial charge in [0.05, 0.1) is 17.9 Å². The zero-order chi connectivity index (χ0) is 27.4. The van der Waals surface area contributed by atoms with Gasteiger partial charge in [0.1, 0.15) is 11.9 Å². The predicted molar refractivity (Wildman–Crippen MR) is 152 cm³/mol. The number of aryl methyl sites for hydroxylation is 1. The smallest absolute Gasteiger partial charge is 0.405 e. The fraction of sp³-hybridized carbons (Fsp3) is 0.469. The van der Waals surface area contributed by atoms with Crippen molar-refractivity contribution >= 4 is 12.0 Å². The lowest BCUT2D eigenvalue weighted by Gasteiger charge is -2.29. The van der Waals surface area contributed by atoms with E-state index in [1.807, 2.05) is 20.0 Å². The molecule has 2 aromatic carbocycles. The van der Waals surface area contributed by atoms with Crippen molar-refractivity contribution in [1.29, 1.82) is 0 Å². The Kier molecular flexibility index (Phi) is 6.48. The number of aromatic nitrogens is 2. The molecule has 2 heterocycles. The maximum absolute atomic E-state index is 13.4. The van der Waals surface area contributed by atoms with Gasteiger partial charge in [-0.15, -0.1) is 0 Å². The number of carboxylic acid groups (broad SMARTS) is 1. The van der Waals surface area contributed by atoms with E-state index in [1.165, 1.54) is 36.0 Å². The first kappa shape index (κ1) is 25.7. The van der Waals surface area contributed by atoms with Gasteiger partial charge >= 0.3 is 6.09 Å². The number of nitrogens with zero attached hydrogens (tertiary/aromatic N) is 2. The minimum Gasteiger partial charge on any atom is -0.465 e. The highest BCUT2D eigenvalue weighted by Crippen LogP contribution is 2.56. The first-order chi connectivity index (χ1) is 18.7. The molecule has 3 aliphatic rings. The number of rotatable bonds is 6. The normalized spacial score (nSPS) is 24.3. The number of carbonyl (C=O) groups excluding carboxylic acids is 1. The molecule has 204 valence electrons. The number of benzene rings is 2. The van der Waals surface area contributed by atoms with Gasteiger partial charge in [-0.25, -0.2) is 9.78 Å². The highest BCUT2D eigenvalue weighted by atomic mass is 16.4. The van der Waals surface area contributed by atoms with Crippen LogP contribution in [0.25, 0.3) is 22.4 Å². The number of nitrogens with one attached hydrogen (secondary N) is 2. The molecule has 5 atom stereocenters. The molecule has 1 aromatic heterocycles. The minimum atomic E-state index is -1.18. The third kappa shape index (κ3) is 4.52. The van der Waals surface area contributed by atoms with Crippen LogP contribution in [0.15, 0.2) is 42.6 Å². The lowest BCUT2D eigenvalue weighted by atomic mass is 9.83. The van der Waals surface area contributed by atoms with Gasteiger partial charge in [0.2, 0.25) is 5.91 Å². The molecule has 0 spiro atoms. The van der Waals surface area contributed by atoms with Crippen LogP contribution < -0.4 is 5.32 Å². The molecular weight excluding hydrogens is 488 g/mol. The predicted octanol–water partition coefficient (Wildman–Crippen LogP) is 6.62. The molecule has 3 N–H and O–H groups in total. The van der Waals surface area contributed by atoms with E-state index in [0.29, 0.717) is 18.4 Å². The molecular formula is C32H38N4O3. The van der Waals surface area contributed by atoms with Gasteiger partial charge in [0, 0.05) is 6.54 Å². The zero-order valence-electron chi connectivity index (χ0n) is 23.2. The quantitative estimate of drug-likeness (QED) is 0.336. The molecule has 3 unspecified atom stereocenters. The van der Waals surface area contributed by atoms with Crippen LogP contribution in [0, 0.1) is 18.8 Å². The van der Waals surface area contributed by atoms with Gasteiger partial charge < -0.3 is 20.3 Å². The molecule has 2 fully saturated rings. The SMILES string of the molecule is Cc1ccc(-c2ccc(-c3cnc([C@@H]4C[C@H](C)CN4C(=O)C(NC(=O)O)C(C)C)[nH]3)cc2)c2c1C1CCC2C1. The Hall–Kier alpha value is -3.61. The van der Waals surface area contributed by atoms with Crippen LogP contribution in [-0.2, 0) is 4.79 Å². The molecule has 1 aliphatic heterocycles. The summed E-state index contributed by atoms with van der Waals surface area (Å²) in [5.74, 6) is 2.15. The summed E-state index contributed by atoms with van der Waals surface area (Å²) in [6, 6.07) is 12.3. The Morgan fingerprint density at radius 1 is 1.03 bits per heavy atom. The van der Waals surface area contributed by atoms with Crippen molar-refractivity contribution in [2.24, 2.45) is 11.8 Å². The number of hydrogen-bond acceptors (Lipinski definition) is 3. The number of imidazole rings is 1. The molecule has 1 saturated carbocycles. The van der Waals surface area contributed by atoms with Gasteiger partial charge in [-0.2, -0.15) is 0 Å². The van der Waals surface area contributed by atoms with Crippen molar-refractivity contribution in [2.45, 2.75) is 77.3 Å². The molecule has 1 saturated heterocycles. The lowest BCUT2D eigenvalue weighted by Crippen LogP contribution is -2.50. The average molecular weight is 527 g/mol. The number of aromatic amines is 1. The number of amides is 2. The van der Waals surface area contributed by atoms with E-state index in [4.69, 9.17) is 0 Å². The highest BCUT2D eigenvalue weighted by Gasteiger charge is 2.41. The van der Waals surface area contributed by atoms with E-state index in [2.05, 4.69) is 65.5 Å². The molecule has 3 aromatic rings. The molecule has 7 heteroatoms. The Bertz CT molecular complexity index is 1410. The summed E-state index contributed by atoms with van der Waals surface area (Å²) < 4.78 is 0. The first-order valence-corrected chi connectivity index (χ1v) is 14.3. The highest BCUT2D eigenvalue weighted by molar-refractivity contribution is 5.86. The molecule has 0 radical (unpaired) electrons. The van der Waals surface area contributed by atoms with Crippen LogP contribution in [0.1, 0.15) is 86.8 Å². The largest absolute Gasteiger partial charge is 0.465 e. The summed E-state index contributed by atoms with van der Waals surface area (Å²) >= 11 is 0. The monoisotopic (exact) mass is 526 g/mol. The van der Waals surface area contributed by atoms with Crippen LogP contribution in [-0.4, -0.2) is 44.6 Å². The van der Waals surface area contributed by atoms with Crippen molar-refractivity contribution in [1.82, 2.24) is 20.2 Å². The topological polar surface area (TPSA) is 98.3 Å². The molecule has 39 heavy (non-hydrogen) atoms. The standard InChI is InChI=1S/C32H38N4O3/c1-17(2)29(35-32(38)39)31(37)36-16-18(3)13-26(36)30-33-15-25(34-30)21-8-6-20(7-9-21)24-12-5-19(4)27-22-10-11-23(14-22)28(24)27/h5-9,12,15,17-18,22-23,26,29,35H,10-11,13-14,16H2,1-4H3,(H,33,34)(H,38,39)/t18-,22?,23?,26-,29?/m0/s1. The molecule has 2 aliphatic carbocycles. The Morgan fingerprint density at radius 2 is 1.72 bits per heavy atom. The van der Waals surface area contributed by atoms with Crippen molar-refractivity contribution in [2.75, 3.05) is 6.54 Å². The molecule has 2 bridgehead atoms. The average Bonchev–Trinajstić information content (AvgIpc) is 3.71. The van der Waals surface area contributed by atoms with E-state index in [0.717, 1.165) is 29.4 Å². The van der Waals surface area contributed by atoms with Crippen molar-refractivity contribution in [3.8, 4) is 22.4 Å². The second-order valence-corrected chi connectivity index (χ2v) is 12.2. The fourth-order valence-electron chi connectivity index (χ4n) is 7.34. The van der Waals surface area contributed by atoms with Crippen LogP contribution in [0.4, 0.5) is 4.79 Å². The van der Waals surface area contributed by atoms with Crippen LogP contribution in [0.3, 0.4) is 0 Å². The Labute approximate surface area is 230 Å². The summed E-state index contributed by atoms with van der Waals surface area (Å²) in [7, 11) is 0. The molecule has 7 nitrogen and oxygen atoms in total. The minimum absolute atomic E-state index is 0.152. The maximum atomic E-state index is 13.4. The van der Waals surface area contributed by atoms with Crippen molar-refractivity contribution in [3.63, 3.8) is 0 Å². The van der Waals surface area contributed by atoms with Gasteiger partial charge in [-0.05, 0) is 89.7 Å². The Morgan fingerprint density at radius 3 is 2.41 bits per heavy atom. The third-order valence-corrected chi connectivity index (χ3v) is 9.18. The third-order valence-electron chi connectivity index (χ3n) is 9.18. The summed E-state index contributed by atoms with van der Waals surface area (Å²) in [6.07, 6.45) is 5.40. The molecule has 6 rings (SSSR count). The number of H-pyrrole nitrogens is 1. The second kappa shape index (κ2) is 9.85. The second-order valence-electron chi connectivity index (χ2n) is 12.2. The van der Waals surface area contributed by atoms with Crippen molar-refractivity contribution in [3.05, 3.63) is 65.1 Å². The zero-order valence-corrected chi connectivity index (χ0v) is 23.2. The van der Waals surface area contributed by atoms with Gasteiger partial charge in [-0.1, -0.05) is 57.2 Å². The van der Waals surface area contributed by atoms with Crippen LogP contribution in [0.2, 0.25) is 0 Å². The molecule has 2 amide bonds. The first-order valence-electron chi connectivity index (χ1n) is 14.3. The van der Waals surface area contributed by atoms with Crippen molar-refractivity contribution < 1.29 is 14.7 Å². The van der Waals surface area contributed by atoms with Gasteiger partial charge in [0.15, 0.2) is 0 Å². The van der Waals surface area contributed by atoms with E-state index in [-0.39, 0.29) is 17.9 Å². The van der Waals surface area contributed by atoms with Gasteiger partial charge in [-0.3, -0.25) is 4.79 Å². The summed E-state index contributed by atoms with van der Waals surface area (Å²) in [5, 5.41) is 11.7. The number of carbonyl (C=O) groups is 2. The summed E-state index contributed by atoms with van der Waals surface area (Å²) in [4.78, 5) is 34.7. The number of likely N-dealkylation sites (tertiary alicyclic amines) is 1. The van der Waals surface area contributed by atoms with Crippen LogP contribution in [0.5, 0.6) is 0 Å². The Balaban J connectivity index is 1.24. The van der Waals surface area contributed by atoms with E-state index in [9.17, 15) is 14.7 Å².